The topological polar surface area (TPSA) is 71.5 Å². The van der Waals surface area contributed by atoms with Crippen LogP contribution in [0.1, 0.15) is 10.4 Å². The highest BCUT2D eigenvalue weighted by Crippen LogP contribution is 2.17. The third-order valence-electron chi connectivity index (χ3n) is 1.42. The van der Waals surface area contributed by atoms with E-state index in [1.54, 1.807) is 0 Å². The molecule has 0 bridgehead atoms. The average molecular weight is 227 g/mol. The van der Waals surface area contributed by atoms with Gasteiger partial charge in [-0.3, -0.25) is 4.84 Å². The second kappa shape index (κ2) is 5.20. The first-order valence-electron chi connectivity index (χ1n) is 3.85. The van der Waals surface area contributed by atoms with E-state index in [-0.39, 0.29) is 23.0 Å². The van der Waals surface area contributed by atoms with E-state index in [1.807, 2.05) is 0 Å². The van der Waals surface area contributed by atoms with Gasteiger partial charge >= 0.3 is 5.97 Å². The number of carboxylic acids is 1. The largest absolute Gasteiger partial charge is 0.478 e. The van der Waals surface area contributed by atoms with E-state index in [4.69, 9.17) is 28.0 Å². The predicted molar refractivity (Wildman–Crippen MR) is 54.6 cm³/mol. The number of pyridine rings is 1. The average Bonchev–Trinajstić information content (AvgIpc) is 2.20. The Labute approximate surface area is 91.0 Å². The Kier molecular flexibility index (Phi) is 3.92. The first kappa shape index (κ1) is 11.3. The van der Waals surface area contributed by atoms with Gasteiger partial charge < -0.3 is 5.11 Å². The molecule has 0 aliphatic rings. The van der Waals surface area contributed by atoms with Gasteiger partial charge in [0.2, 0.25) is 0 Å². The molecule has 0 aliphatic heterocycles. The zero-order valence-corrected chi connectivity index (χ0v) is 8.28. The highest BCUT2D eigenvalue weighted by Gasteiger charge is 2.10. The van der Waals surface area contributed by atoms with Gasteiger partial charge in [-0.1, -0.05) is 17.5 Å². The zero-order valence-electron chi connectivity index (χ0n) is 7.53. The number of aromatic nitrogens is 1. The number of carboxylic acid groups (broad SMARTS) is 1. The van der Waals surface area contributed by atoms with Gasteiger partial charge in [-0.2, -0.15) is 0 Å². The van der Waals surface area contributed by atoms with Crippen LogP contribution in [0.2, 0.25) is 5.02 Å². The molecule has 15 heavy (non-hydrogen) atoms. The molecule has 0 fully saturated rings. The SMILES string of the molecule is C#CCONc1cc(C(=O)O)c(Cl)cn1. The lowest BCUT2D eigenvalue weighted by Gasteiger charge is -2.05. The van der Waals surface area contributed by atoms with Crippen molar-refractivity contribution in [3.8, 4) is 12.3 Å². The molecule has 0 spiro atoms. The fraction of sp³-hybridized carbons (Fsp3) is 0.111. The summed E-state index contributed by atoms with van der Waals surface area (Å²) < 4.78 is 0. The van der Waals surface area contributed by atoms with Crippen LogP contribution in [0.5, 0.6) is 0 Å². The molecule has 0 aliphatic carbocycles. The van der Waals surface area contributed by atoms with Crippen LogP contribution in [0.15, 0.2) is 12.3 Å². The van der Waals surface area contributed by atoms with E-state index in [0.717, 1.165) is 0 Å². The van der Waals surface area contributed by atoms with Gasteiger partial charge in [-0.25, -0.2) is 15.3 Å². The summed E-state index contributed by atoms with van der Waals surface area (Å²) in [4.78, 5) is 19.2. The molecule has 1 rings (SSSR count). The molecular formula is C9H7ClN2O3. The minimum atomic E-state index is -1.14. The van der Waals surface area contributed by atoms with E-state index < -0.39 is 5.97 Å². The number of hydrogen-bond donors (Lipinski definition) is 2. The van der Waals surface area contributed by atoms with Crippen molar-refractivity contribution in [3.63, 3.8) is 0 Å². The maximum atomic E-state index is 10.7. The summed E-state index contributed by atoms with van der Waals surface area (Å²) in [6.07, 6.45) is 6.16. The summed E-state index contributed by atoms with van der Waals surface area (Å²) in [6.45, 7) is 0.0483. The second-order valence-corrected chi connectivity index (χ2v) is 2.86. The number of terminal acetylenes is 1. The van der Waals surface area contributed by atoms with Crippen LogP contribution in [0.25, 0.3) is 0 Å². The molecule has 0 saturated heterocycles. The Hall–Kier alpha value is -1.77. The molecule has 0 saturated carbocycles. The molecule has 2 N–H and O–H groups in total. The van der Waals surface area contributed by atoms with Crippen LogP contribution in [-0.4, -0.2) is 22.7 Å². The van der Waals surface area contributed by atoms with Crippen molar-refractivity contribution in [2.45, 2.75) is 0 Å². The normalized spacial score (nSPS) is 9.33. The molecule has 0 unspecified atom stereocenters. The van der Waals surface area contributed by atoms with E-state index in [1.165, 1.54) is 12.3 Å². The van der Waals surface area contributed by atoms with Gasteiger partial charge in [0.1, 0.15) is 6.61 Å². The molecule has 1 aromatic heterocycles. The van der Waals surface area contributed by atoms with Gasteiger partial charge in [0, 0.05) is 6.20 Å². The Balaban J connectivity index is 2.79. The molecule has 0 amide bonds. The highest BCUT2D eigenvalue weighted by molar-refractivity contribution is 6.33. The van der Waals surface area contributed by atoms with Crippen molar-refractivity contribution in [2.24, 2.45) is 0 Å². The number of nitrogens with zero attached hydrogens (tertiary/aromatic N) is 1. The van der Waals surface area contributed by atoms with Crippen LogP contribution in [0.4, 0.5) is 5.82 Å². The summed E-state index contributed by atoms with van der Waals surface area (Å²) in [6, 6.07) is 1.25. The number of carbonyl (C=O) groups is 1. The van der Waals surface area contributed by atoms with Crippen molar-refractivity contribution >= 4 is 23.4 Å². The van der Waals surface area contributed by atoms with Gasteiger partial charge in [-0.05, 0) is 6.07 Å². The van der Waals surface area contributed by atoms with Crippen LogP contribution in [-0.2, 0) is 4.84 Å². The summed E-state index contributed by atoms with van der Waals surface area (Å²) in [5, 5.41) is 8.81. The van der Waals surface area contributed by atoms with Gasteiger partial charge in [0.05, 0.1) is 10.6 Å². The van der Waals surface area contributed by atoms with Gasteiger partial charge in [0.15, 0.2) is 5.82 Å². The monoisotopic (exact) mass is 226 g/mol. The molecule has 1 heterocycles. The van der Waals surface area contributed by atoms with Crippen LogP contribution < -0.4 is 5.48 Å². The molecule has 1 aromatic rings. The lowest BCUT2D eigenvalue weighted by molar-refractivity contribution is 0.0697. The Bertz CT molecular complexity index is 414. The first-order valence-corrected chi connectivity index (χ1v) is 4.23. The van der Waals surface area contributed by atoms with E-state index >= 15 is 0 Å². The van der Waals surface area contributed by atoms with Gasteiger partial charge in [0.25, 0.3) is 0 Å². The standard InChI is InChI=1S/C9H7ClN2O3/c1-2-3-15-12-8-4-6(9(13)14)7(10)5-11-8/h1,4-5H,3H2,(H,11,12)(H,13,14). The van der Waals surface area contributed by atoms with Crippen LogP contribution in [0, 0.1) is 12.3 Å². The number of hydrogen-bond acceptors (Lipinski definition) is 4. The van der Waals surface area contributed by atoms with Gasteiger partial charge in [-0.15, -0.1) is 6.42 Å². The smallest absolute Gasteiger partial charge is 0.337 e. The number of nitrogens with one attached hydrogen (secondary N) is 1. The first-order chi connectivity index (χ1) is 7.15. The molecule has 0 aromatic carbocycles. The molecular weight excluding hydrogens is 220 g/mol. The summed E-state index contributed by atoms with van der Waals surface area (Å²) in [5.41, 5.74) is 2.34. The molecule has 0 atom stereocenters. The van der Waals surface area contributed by atoms with Crippen LogP contribution >= 0.6 is 11.6 Å². The Morgan fingerprint density at radius 1 is 1.80 bits per heavy atom. The third-order valence-corrected chi connectivity index (χ3v) is 1.72. The van der Waals surface area contributed by atoms with E-state index in [2.05, 4.69) is 16.4 Å². The van der Waals surface area contributed by atoms with Crippen molar-refractivity contribution in [1.29, 1.82) is 0 Å². The number of halogens is 1. The van der Waals surface area contributed by atoms with Crippen LogP contribution in [0.3, 0.4) is 0 Å². The minimum absolute atomic E-state index is 0.0483. The maximum absolute atomic E-state index is 10.7. The van der Waals surface area contributed by atoms with Crippen molar-refractivity contribution in [3.05, 3.63) is 22.8 Å². The lowest BCUT2D eigenvalue weighted by Crippen LogP contribution is -2.05. The predicted octanol–water partition coefficient (Wildman–Crippen LogP) is 1.41. The number of rotatable bonds is 4. The molecule has 6 heteroatoms. The van der Waals surface area contributed by atoms with Crippen molar-refractivity contribution in [1.82, 2.24) is 4.98 Å². The second-order valence-electron chi connectivity index (χ2n) is 2.45. The third kappa shape index (κ3) is 3.13. The Morgan fingerprint density at radius 2 is 2.53 bits per heavy atom. The zero-order chi connectivity index (χ0) is 11.3. The number of anilines is 1. The summed E-state index contributed by atoms with van der Waals surface area (Å²) >= 11 is 5.61. The van der Waals surface area contributed by atoms with Crippen molar-refractivity contribution < 1.29 is 14.7 Å². The molecule has 0 radical (unpaired) electrons. The van der Waals surface area contributed by atoms with E-state index in [0.29, 0.717) is 0 Å². The molecule has 5 nitrogen and oxygen atoms in total. The molecule has 78 valence electrons. The Morgan fingerprint density at radius 3 is 3.13 bits per heavy atom. The quantitative estimate of drug-likeness (QED) is 0.461. The lowest BCUT2D eigenvalue weighted by atomic mass is 10.2. The summed E-state index contributed by atoms with van der Waals surface area (Å²) in [5.74, 6) is 1.32. The summed E-state index contributed by atoms with van der Waals surface area (Å²) in [7, 11) is 0. The fourth-order valence-electron chi connectivity index (χ4n) is 0.810. The minimum Gasteiger partial charge on any atom is -0.478 e. The van der Waals surface area contributed by atoms with E-state index in [9.17, 15) is 4.79 Å². The maximum Gasteiger partial charge on any atom is 0.337 e. The fourth-order valence-corrected chi connectivity index (χ4v) is 0.994. The number of aromatic carboxylic acids is 1. The van der Waals surface area contributed by atoms with Crippen molar-refractivity contribution in [2.75, 3.05) is 12.1 Å². The highest BCUT2D eigenvalue weighted by atomic mass is 35.5.